The molecule has 1 saturated carbocycles. The number of carbonyl (C=O) groups is 1. The van der Waals surface area contributed by atoms with Crippen LogP contribution >= 0.6 is 11.3 Å². The molecule has 26 heavy (non-hydrogen) atoms. The summed E-state index contributed by atoms with van der Waals surface area (Å²) in [4.78, 5) is 13.4. The topological polar surface area (TPSA) is 81.2 Å². The van der Waals surface area contributed by atoms with Crippen LogP contribution in [0, 0.1) is 6.92 Å². The zero-order valence-corrected chi connectivity index (χ0v) is 15.4. The molecular weight excluding hydrogens is 346 g/mol. The molecule has 1 fully saturated rings. The third-order valence-corrected chi connectivity index (χ3v) is 6.13. The predicted octanol–water partition coefficient (Wildman–Crippen LogP) is 4.88. The quantitative estimate of drug-likeness (QED) is 0.628. The van der Waals surface area contributed by atoms with Gasteiger partial charge in [-0.1, -0.05) is 48.3 Å². The number of hydrogen-bond donors (Lipinski definition) is 2. The Kier molecular flexibility index (Phi) is 4.51. The lowest BCUT2D eigenvalue weighted by molar-refractivity contribution is 0.100. The van der Waals surface area contributed by atoms with E-state index >= 15 is 0 Å². The second-order valence-corrected chi connectivity index (χ2v) is 7.72. The van der Waals surface area contributed by atoms with Crippen LogP contribution in [0.15, 0.2) is 40.9 Å². The highest BCUT2D eigenvalue weighted by Gasteiger charge is 2.25. The van der Waals surface area contributed by atoms with Crippen molar-refractivity contribution in [3.05, 3.63) is 52.6 Å². The summed E-state index contributed by atoms with van der Waals surface area (Å²) in [6.07, 6.45) is 4.85. The molecule has 0 radical (unpaired) electrons. The van der Waals surface area contributed by atoms with E-state index in [9.17, 15) is 4.79 Å². The van der Waals surface area contributed by atoms with Crippen molar-refractivity contribution in [2.75, 3.05) is 11.1 Å². The first-order valence-electron chi connectivity index (χ1n) is 8.85. The van der Waals surface area contributed by atoms with E-state index in [1.54, 1.807) is 6.07 Å². The smallest absolute Gasteiger partial charge is 0.243 e. The van der Waals surface area contributed by atoms with Crippen LogP contribution in [0.2, 0.25) is 0 Å². The van der Waals surface area contributed by atoms with E-state index in [-0.39, 0.29) is 11.5 Å². The Bertz CT molecular complexity index is 924. The maximum Gasteiger partial charge on any atom is 0.243 e. The summed E-state index contributed by atoms with van der Waals surface area (Å²) >= 11 is 1.41. The normalized spacial score (nSPS) is 14.7. The molecule has 1 aliphatic carbocycles. The first-order valence-corrected chi connectivity index (χ1v) is 9.67. The molecule has 6 heteroatoms. The molecule has 0 aliphatic heterocycles. The monoisotopic (exact) mass is 367 g/mol. The maximum atomic E-state index is 12.9. The van der Waals surface area contributed by atoms with Gasteiger partial charge < -0.3 is 15.6 Å². The van der Waals surface area contributed by atoms with Crippen molar-refractivity contribution in [2.24, 2.45) is 0 Å². The van der Waals surface area contributed by atoms with Crippen molar-refractivity contribution in [1.29, 1.82) is 0 Å². The standard InChI is InChI=1S/C20H21N3O2S/c1-12-17(21)19(26-20(12)22-14-9-5-6-10-14)18(24)16-11-15(23-25-16)13-7-3-2-4-8-13/h2-4,7-8,11,14,22H,5-6,9-10,21H2,1H3. The van der Waals surface area contributed by atoms with Gasteiger partial charge in [-0.15, -0.1) is 11.3 Å². The Hall–Kier alpha value is -2.60. The number of anilines is 2. The summed E-state index contributed by atoms with van der Waals surface area (Å²) in [6.45, 7) is 1.95. The molecule has 5 nitrogen and oxygen atoms in total. The number of nitrogens with two attached hydrogens (primary N) is 1. The zero-order chi connectivity index (χ0) is 18.1. The van der Waals surface area contributed by atoms with Crippen LogP contribution in [0.25, 0.3) is 11.3 Å². The van der Waals surface area contributed by atoms with Crippen LogP contribution in [0.5, 0.6) is 0 Å². The van der Waals surface area contributed by atoms with Crippen LogP contribution in [0.1, 0.15) is 46.7 Å². The van der Waals surface area contributed by atoms with Gasteiger partial charge in [0.2, 0.25) is 11.5 Å². The second-order valence-electron chi connectivity index (χ2n) is 6.70. The van der Waals surface area contributed by atoms with Gasteiger partial charge in [-0.25, -0.2) is 0 Å². The minimum Gasteiger partial charge on any atom is -0.397 e. The van der Waals surface area contributed by atoms with Crippen molar-refractivity contribution in [1.82, 2.24) is 5.16 Å². The number of nitrogens with zero attached hydrogens (tertiary/aromatic N) is 1. The molecule has 2 aromatic heterocycles. The molecule has 2 heterocycles. The van der Waals surface area contributed by atoms with Gasteiger partial charge in [-0.3, -0.25) is 4.79 Å². The number of aromatic nitrogens is 1. The van der Waals surface area contributed by atoms with Crippen LogP contribution in [-0.2, 0) is 0 Å². The summed E-state index contributed by atoms with van der Waals surface area (Å²) in [5, 5.41) is 8.56. The van der Waals surface area contributed by atoms with E-state index in [0.29, 0.717) is 22.3 Å². The van der Waals surface area contributed by atoms with Gasteiger partial charge in [0.05, 0.1) is 10.7 Å². The number of hydrogen-bond acceptors (Lipinski definition) is 6. The van der Waals surface area contributed by atoms with Crippen molar-refractivity contribution in [2.45, 2.75) is 38.6 Å². The van der Waals surface area contributed by atoms with E-state index in [1.165, 1.54) is 37.0 Å². The van der Waals surface area contributed by atoms with E-state index in [0.717, 1.165) is 16.1 Å². The van der Waals surface area contributed by atoms with Gasteiger partial charge in [0.1, 0.15) is 10.6 Å². The number of benzene rings is 1. The Labute approximate surface area is 156 Å². The van der Waals surface area contributed by atoms with Gasteiger partial charge in [0, 0.05) is 23.2 Å². The van der Waals surface area contributed by atoms with Gasteiger partial charge in [0.15, 0.2) is 0 Å². The van der Waals surface area contributed by atoms with E-state index in [2.05, 4.69) is 10.5 Å². The molecular formula is C20H21N3O2S. The second kappa shape index (κ2) is 6.96. The number of carbonyl (C=O) groups excluding carboxylic acids is 1. The highest BCUT2D eigenvalue weighted by atomic mass is 32.1. The first-order chi connectivity index (χ1) is 12.6. The molecule has 0 amide bonds. The average molecular weight is 367 g/mol. The van der Waals surface area contributed by atoms with Gasteiger partial charge in [-0.05, 0) is 19.8 Å². The highest BCUT2D eigenvalue weighted by molar-refractivity contribution is 7.19. The summed E-state index contributed by atoms with van der Waals surface area (Å²) in [5.41, 5.74) is 9.24. The minimum absolute atomic E-state index is 0.212. The number of thiophene rings is 1. The Balaban J connectivity index is 1.59. The molecule has 3 N–H and O–H groups in total. The van der Waals surface area contributed by atoms with Crippen LogP contribution in [0.4, 0.5) is 10.7 Å². The first kappa shape index (κ1) is 16.8. The molecule has 0 spiro atoms. The van der Waals surface area contributed by atoms with E-state index in [4.69, 9.17) is 10.3 Å². The third-order valence-electron chi connectivity index (χ3n) is 4.89. The zero-order valence-electron chi connectivity index (χ0n) is 14.6. The fraction of sp³-hybridized carbons (Fsp3) is 0.300. The number of rotatable bonds is 5. The van der Waals surface area contributed by atoms with E-state index < -0.39 is 0 Å². The Morgan fingerprint density at radius 2 is 2.00 bits per heavy atom. The van der Waals surface area contributed by atoms with E-state index in [1.807, 2.05) is 37.3 Å². The fourth-order valence-corrected chi connectivity index (χ4v) is 4.48. The fourth-order valence-electron chi connectivity index (χ4n) is 3.33. The molecule has 0 bridgehead atoms. The number of nitrogens with one attached hydrogen (secondary N) is 1. The largest absolute Gasteiger partial charge is 0.397 e. The maximum absolute atomic E-state index is 12.9. The van der Waals surface area contributed by atoms with Crippen molar-refractivity contribution >= 4 is 27.8 Å². The molecule has 4 rings (SSSR count). The average Bonchev–Trinajstić information content (AvgIpc) is 3.40. The minimum atomic E-state index is -0.218. The molecule has 1 aromatic carbocycles. The van der Waals surface area contributed by atoms with Crippen molar-refractivity contribution in [3.8, 4) is 11.3 Å². The lowest BCUT2D eigenvalue weighted by Gasteiger charge is -2.12. The summed E-state index contributed by atoms with van der Waals surface area (Å²) in [7, 11) is 0. The molecule has 134 valence electrons. The molecule has 3 aromatic rings. The molecule has 1 aliphatic rings. The van der Waals surface area contributed by atoms with Crippen LogP contribution in [0.3, 0.4) is 0 Å². The highest BCUT2D eigenvalue weighted by Crippen LogP contribution is 2.38. The van der Waals surface area contributed by atoms with Crippen LogP contribution in [-0.4, -0.2) is 17.0 Å². The SMILES string of the molecule is Cc1c(NC2CCCC2)sc(C(=O)c2cc(-c3ccccc3)no2)c1N. The third kappa shape index (κ3) is 3.12. The Morgan fingerprint density at radius 3 is 2.73 bits per heavy atom. The van der Waals surface area contributed by atoms with Crippen molar-refractivity contribution in [3.63, 3.8) is 0 Å². The Morgan fingerprint density at radius 1 is 1.27 bits per heavy atom. The van der Waals surface area contributed by atoms with Gasteiger partial charge in [0.25, 0.3) is 0 Å². The summed E-state index contributed by atoms with van der Waals surface area (Å²) < 4.78 is 5.30. The van der Waals surface area contributed by atoms with Crippen LogP contribution < -0.4 is 11.1 Å². The molecule has 0 unspecified atom stereocenters. The van der Waals surface area contributed by atoms with Gasteiger partial charge in [-0.2, -0.15) is 0 Å². The number of ketones is 1. The summed E-state index contributed by atoms with van der Waals surface area (Å²) in [5.74, 6) is -0.00558. The molecule has 0 saturated heterocycles. The van der Waals surface area contributed by atoms with Gasteiger partial charge >= 0.3 is 0 Å². The lowest BCUT2D eigenvalue weighted by atomic mass is 10.1. The molecule has 0 atom stereocenters. The summed E-state index contributed by atoms with van der Waals surface area (Å²) in [6, 6.07) is 11.8. The number of nitrogen functional groups attached to an aromatic ring is 1. The van der Waals surface area contributed by atoms with Crippen molar-refractivity contribution < 1.29 is 9.32 Å². The predicted molar refractivity (Wildman–Crippen MR) is 105 cm³/mol. The lowest BCUT2D eigenvalue weighted by Crippen LogP contribution is -2.14.